The third-order valence-corrected chi connectivity index (χ3v) is 3.14. The first-order valence-electron chi connectivity index (χ1n) is 6.49. The normalized spacial score (nSPS) is 13.5. The molecule has 4 N–H and O–H groups in total. The van der Waals surface area contributed by atoms with E-state index >= 15 is 0 Å². The van der Waals surface area contributed by atoms with Crippen LogP contribution in [0.3, 0.4) is 0 Å². The van der Waals surface area contributed by atoms with Crippen molar-refractivity contribution >= 4 is 5.91 Å². The molecule has 2 aromatic rings. The van der Waals surface area contributed by atoms with E-state index in [9.17, 15) is 9.90 Å². The average Bonchev–Trinajstić information content (AvgIpc) is 2.53. The fourth-order valence-electron chi connectivity index (χ4n) is 1.99. The summed E-state index contributed by atoms with van der Waals surface area (Å²) in [4.78, 5) is 12.1. The van der Waals surface area contributed by atoms with E-state index < -0.39 is 12.1 Å². The van der Waals surface area contributed by atoms with Crippen LogP contribution < -0.4 is 11.1 Å². The zero-order valence-electron chi connectivity index (χ0n) is 11.1. The molecule has 2 atom stereocenters. The van der Waals surface area contributed by atoms with Crippen molar-refractivity contribution in [1.29, 1.82) is 0 Å². The van der Waals surface area contributed by atoms with Gasteiger partial charge in [-0.15, -0.1) is 0 Å². The maximum absolute atomic E-state index is 12.1. The molecule has 20 heavy (non-hydrogen) atoms. The predicted molar refractivity (Wildman–Crippen MR) is 77.8 cm³/mol. The zero-order chi connectivity index (χ0) is 14.4. The van der Waals surface area contributed by atoms with Crippen LogP contribution >= 0.6 is 0 Å². The van der Waals surface area contributed by atoms with Crippen molar-refractivity contribution in [1.82, 2.24) is 5.32 Å². The minimum atomic E-state index is -0.742. The first kappa shape index (κ1) is 14.2. The van der Waals surface area contributed by atoms with Gasteiger partial charge >= 0.3 is 0 Å². The molecule has 0 saturated heterocycles. The highest BCUT2D eigenvalue weighted by molar-refractivity contribution is 5.83. The summed E-state index contributed by atoms with van der Waals surface area (Å²) in [7, 11) is 0. The Kier molecular flexibility index (Phi) is 4.87. The topological polar surface area (TPSA) is 75.4 Å². The lowest BCUT2D eigenvalue weighted by atomic mass is 10.0. The Labute approximate surface area is 118 Å². The highest BCUT2D eigenvalue weighted by Crippen LogP contribution is 2.15. The van der Waals surface area contributed by atoms with Crippen molar-refractivity contribution in [3.05, 3.63) is 71.8 Å². The van der Waals surface area contributed by atoms with Gasteiger partial charge in [0.25, 0.3) is 0 Å². The Balaban J connectivity index is 2.06. The first-order valence-corrected chi connectivity index (χ1v) is 6.49. The highest BCUT2D eigenvalue weighted by atomic mass is 16.3. The second kappa shape index (κ2) is 6.84. The lowest BCUT2D eigenvalue weighted by Gasteiger charge is -2.19. The van der Waals surface area contributed by atoms with Crippen LogP contribution in [-0.4, -0.2) is 17.6 Å². The molecule has 0 heterocycles. The number of benzene rings is 2. The summed E-state index contributed by atoms with van der Waals surface area (Å²) < 4.78 is 0. The number of aliphatic hydroxyl groups excluding tert-OH is 1. The molecule has 4 nitrogen and oxygen atoms in total. The van der Waals surface area contributed by atoms with E-state index in [1.807, 2.05) is 48.5 Å². The van der Waals surface area contributed by atoms with Gasteiger partial charge < -0.3 is 16.2 Å². The van der Waals surface area contributed by atoms with Crippen LogP contribution in [0.4, 0.5) is 0 Å². The lowest BCUT2D eigenvalue weighted by molar-refractivity contribution is -0.123. The van der Waals surface area contributed by atoms with Gasteiger partial charge in [0, 0.05) is 0 Å². The molecular weight excluding hydrogens is 252 g/mol. The molecule has 0 aliphatic carbocycles. The van der Waals surface area contributed by atoms with Crippen molar-refractivity contribution in [2.75, 3.05) is 6.61 Å². The van der Waals surface area contributed by atoms with E-state index in [4.69, 9.17) is 5.73 Å². The summed E-state index contributed by atoms with van der Waals surface area (Å²) in [6, 6.07) is 17.3. The predicted octanol–water partition coefficient (Wildman–Crippen LogP) is 1.54. The molecule has 2 aromatic carbocycles. The van der Waals surface area contributed by atoms with E-state index in [0.717, 1.165) is 11.1 Å². The fraction of sp³-hybridized carbons (Fsp3) is 0.188. The van der Waals surface area contributed by atoms with Gasteiger partial charge in [-0.25, -0.2) is 0 Å². The molecule has 0 bridgehead atoms. The Hall–Kier alpha value is -2.17. The molecule has 2 rings (SSSR count). The molecule has 0 fully saturated rings. The van der Waals surface area contributed by atoms with E-state index in [0.29, 0.717) is 0 Å². The second-order valence-corrected chi connectivity index (χ2v) is 4.54. The van der Waals surface area contributed by atoms with Crippen LogP contribution in [0.25, 0.3) is 0 Å². The summed E-state index contributed by atoms with van der Waals surface area (Å²) >= 11 is 0. The summed E-state index contributed by atoms with van der Waals surface area (Å²) in [5, 5.41) is 12.2. The monoisotopic (exact) mass is 270 g/mol. The third-order valence-electron chi connectivity index (χ3n) is 3.14. The number of nitrogens with two attached hydrogens (primary N) is 1. The van der Waals surface area contributed by atoms with Crippen LogP contribution in [0.15, 0.2) is 60.7 Å². The number of hydrogen-bond donors (Lipinski definition) is 3. The molecule has 0 aliphatic heterocycles. The molecule has 1 amide bonds. The Morgan fingerprint density at radius 3 is 2.00 bits per heavy atom. The maximum Gasteiger partial charge on any atom is 0.242 e. The van der Waals surface area contributed by atoms with Crippen LogP contribution in [-0.2, 0) is 4.79 Å². The van der Waals surface area contributed by atoms with E-state index in [2.05, 4.69) is 5.32 Å². The van der Waals surface area contributed by atoms with E-state index in [1.54, 1.807) is 12.1 Å². The minimum Gasteiger partial charge on any atom is -0.394 e. The van der Waals surface area contributed by atoms with Crippen molar-refractivity contribution in [2.45, 2.75) is 12.1 Å². The Morgan fingerprint density at radius 1 is 1.00 bits per heavy atom. The molecule has 104 valence electrons. The SMILES string of the molecule is N[C@H](C(=O)N[C@@H](CO)c1ccccc1)c1ccccc1. The number of carbonyl (C=O) groups excluding carboxylic acids is 1. The molecule has 0 aliphatic rings. The smallest absolute Gasteiger partial charge is 0.242 e. The third kappa shape index (κ3) is 3.44. The molecular formula is C16H18N2O2. The summed E-state index contributed by atoms with van der Waals surface area (Å²) in [5.41, 5.74) is 7.52. The fourth-order valence-corrected chi connectivity index (χ4v) is 1.99. The second-order valence-electron chi connectivity index (χ2n) is 4.54. The molecule has 0 saturated carbocycles. The standard InChI is InChI=1S/C16H18N2O2/c17-15(13-9-5-2-6-10-13)16(20)18-14(11-19)12-7-3-1-4-8-12/h1-10,14-15,19H,11,17H2,(H,18,20)/t14-,15-/m0/s1. The Morgan fingerprint density at radius 2 is 1.50 bits per heavy atom. The van der Waals surface area contributed by atoms with Crippen molar-refractivity contribution < 1.29 is 9.90 Å². The summed E-state index contributed by atoms with van der Waals surface area (Å²) in [6.07, 6.45) is 0. The molecule has 0 spiro atoms. The number of hydrogen-bond acceptors (Lipinski definition) is 3. The summed E-state index contributed by atoms with van der Waals surface area (Å²) in [6.45, 7) is -0.169. The van der Waals surface area contributed by atoms with Gasteiger partial charge in [0.15, 0.2) is 0 Å². The lowest BCUT2D eigenvalue weighted by Crippen LogP contribution is -2.37. The molecule has 4 heteroatoms. The van der Waals surface area contributed by atoms with Gasteiger partial charge in [0.2, 0.25) is 5.91 Å². The molecule has 0 radical (unpaired) electrons. The van der Waals surface area contributed by atoms with Crippen LogP contribution in [0.5, 0.6) is 0 Å². The average molecular weight is 270 g/mol. The van der Waals surface area contributed by atoms with Crippen molar-refractivity contribution in [3.8, 4) is 0 Å². The summed E-state index contributed by atoms with van der Waals surface area (Å²) in [5.74, 6) is -0.306. The number of carbonyl (C=O) groups is 1. The Bertz CT molecular complexity index is 543. The molecule has 0 unspecified atom stereocenters. The van der Waals surface area contributed by atoms with Gasteiger partial charge in [-0.2, -0.15) is 0 Å². The van der Waals surface area contributed by atoms with E-state index in [1.165, 1.54) is 0 Å². The highest BCUT2D eigenvalue weighted by Gasteiger charge is 2.19. The van der Waals surface area contributed by atoms with Crippen molar-refractivity contribution in [3.63, 3.8) is 0 Å². The van der Waals surface area contributed by atoms with Gasteiger partial charge in [0.1, 0.15) is 6.04 Å². The van der Waals surface area contributed by atoms with Crippen LogP contribution in [0.1, 0.15) is 23.2 Å². The van der Waals surface area contributed by atoms with E-state index in [-0.39, 0.29) is 12.5 Å². The van der Waals surface area contributed by atoms with Crippen LogP contribution in [0.2, 0.25) is 0 Å². The first-order chi connectivity index (χ1) is 9.72. The van der Waals surface area contributed by atoms with Gasteiger partial charge in [-0.1, -0.05) is 60.7 Å². The molecule has 0 aromatic heterocycles. The zero-order valence-corrected chi connectivity index (χ0v) is 11.1. The van der Waals surface area contributed by atoms with Gasteiger partial charge in [-0.3, -0.25) is 4.79 Å². The quantitative estimate of drug-likeness (QED) is 0.771. The number of rotatable bonds is 5. The van der Waals surface area contributed by atoms with Crippen LogP contribution in [0, 0.1) is 0 Å². The number of nitrogens with one attached hydrogen (secondary N) is 1. The van der Waals surface area contributed by atoms with Gasteiger partial charge in [0.05, 0.1) is 12.6 Å². The van der Waals surface area contributed by atoms with Gasteiger partial charge in [-0.05, 0) is 11.1 Å². The number of amides is 1. The number of aliphatic hydroxyl groups is 1. The minimum absolute atomic E-state index is 0.169. The largest absolute Gasteiger partial charge is 0.394 e. The van der Waals surface area contributed by atoms with Crippen molar-refractivity contribution in [2.24, 2.45) is 5.73 Å². The maximum atomic E-state index is 12.1.